The second-order valence-electron chi connectivity index (χ2n) is 4.48. The Bertz CT molecular complexity index is 401. The Hall–Kier alpha value is -1.35. The first-order chi connectivity index (χ1) is 7.70. The summed E-state index contributed by atoms with van der Waals surface area (Å²) in [5, 5.41) is 3.14. The van der Waals surface area contributed by atoms with Crippen molar-refractivity contribution in [1.29, 1.82) is 0 Å². The maximum atomic E-state index is 11.1. The van der Waals surface area contributed by atoms with Gasteiger partial charge in [-0.05, 0) is 43.0 Å². The number of benzene rings is 1. The van der Waals surface area contributed by atoms with Crippen LogP contribution in [0.4, 0.5) is 0 Å². The Kier molecular flexibility index (Phi) is 3.25. The molecule has 0 saturated heterocycles. The monoisotopic (exact) mass is 218 g/mol. The van der Waals surface area contributed by atoms with Crippen molar-refractivity contribution < 1.29 is 4.79 Å². The van der Waals surface area contributed by atoms with Crippen LogP contribution in [0.15, 0.2) is 18.2 Å². The summed E-state index contributed by atoms with van der Waals surface area (Å²) < 4.78 is 0. The van der Waals surface area contributed by atoms with Gasteiger partial charge in [-0.25, -0.2) is 0 Å². The lowest BCUT2D eigenvalue weighted by atomic mass is 9.83. The van der Waals surface area contributed by atoms with Gasteiger partial charge in [0.25, 0.3) is 0 Å². The number of rotatable bonds is 3. The normalized spacial score (nSPS) is 19.2. The fourth-order valence-electron chi connectivity index (χ4n) is 2.37. The highest BCUT2D eigenvalue weighted by Crippen LogP contribution is 2.26. The van der Waals surface area contributed by atoms with Gasteiger partial charge in [0.15, 0.2) is 0 Å². The predicted molar refractivity (Wildman–Crippen MR) is 63.9 cm³/mol. The zero-order valence-corrected chi connectivity index (χ0v) is 9.62. The van der Waals surface area contributed by atoms with Crippen molar-refractivity contribution in [2.24, 2.45) is 11.7 Å². The van der Waals surface area contributed by atoms with Crippen LogP contribution < -0.4 is 11.1 Å². The zero-order valence-electron chi connectivity index (χ0n) is 9.62. The molecule has 1 amide bonds. The van der Waals surface area contributed by atoms with Gasteiger partial charge in [0.2, 0.25) is 5.91 Å². The Balaban J connectivity index is 2.18. The van der Waals surface area contributed by atoms with E-state index in [1.807, 2.05) is 7.05 Å². The summed E-state index contributed by atoms with van der Waals surface area (Å²) in [6, 6.07) is 6.50. The smallest absolute Gasteiger partial charge is 0.220 e. The van der Waals surface area contributed by atoms with E-state index in [-0.39, 0.29) is 11.8 Å². The van der Waals surface area contributed by atoms with Crippen LogP contribution in [0.3, 0.4) is 0 Å². The summed E-state index contributed by atoms with van der Waals surface area (Å²) in [6.07, 6.45) is 2.68. The first-order valence-corrected chi connectivity index (χ1v) is 5.75. The molecule has 0 saturated carbocycles. The van der Waals surface area contributed by atoms with Crippen molar-refractivity contribution >= 4 is 5.91 Å². The fraction of sp³-hybridized carbons (Fsp3) is 0.462. The van der Waals surface area contributed by atoms with Crippen molar-refractivity contribution in [3.8, 4) is 0 Å². The van der Waals surface area contributed by atoms with E-state index in [9.17, 15) is 4.79 Å². The second-order valence-corrected chi connectivity index (χ2v) is 4.48. The molecular formula is C13H18N2O. The molecule has 16 heavy (non-hydrogen) atoms. The highest BCUT2D eigenvalue weighted by Gasteiger charge is 2.22. The van der Waals surface area contributed by atoms with Crippen LogP contribution in [-0.2, 0) is 24.2 Å². The maximum Gasteiger partial charge on any atom is 0.220 e. The molecule has 0 fully saturated rings. The van der Waals surface area contributed by atoms with E-state index in [1.165, 1.54) is 16.7 Å². The molecular weight excluding hydrogens is 200 g/mol. The summed E-state index contributed by atoms with van der Waals surface area (Å²) >= 11 is 0. The van der Waals surface area contributed by atoms with Crippen molar-refractivity contribution in [2.75, 3.05) is 7.05 Å². The number of amides is 1. The number of hydrogen-bond acceptors (Lipinski definition) is 2. The molecule has 0 radical (unpaired) electrons. The third kappa shape index (κ3) is 2.25. The first-order valence-electron chi connectivity index (χ1n) is 5.75. The van der Waals surface area contributed by atoms with Crippen LogP contribution >= 0.6 is 0 Å². The Labute approximate surface area is 96.0 Å². The Morgan fingerprint density at radius 3 is 3.00 bits per heavy atom. The molecule has 1 aliphatic carbocycles. The molecule has 0 aliphatic heterocycles. The lowest BCUT2D eigenvalue weighted by Gasteiger charge is -2.22. The van der Waals surface area contributed by atoms with E-state index in [0.29, 0.717) is 0 Å². The fourth-order valence-corrected chi connectivity index (χ4v) is 2.37. The molecule has 3 nitrogen and oxygen atoms in total. The summed E-state index contributed by atoms with van der Waals surface area (Å²) in [5.41, 5.74) is 9.32. The number of primary amides is 1. The summed E-state index contributed by atoms with van der Waals surface area (Å²) in [6.45, 7) is 0.895. The minimum absolute atomic E-state index is 0.0302. The minimum atomic E-state index is -0.162. The minimum Gasteiger partial charge on any atom is -0.369 e. The van der Waals surface area contributed by atoms with E-state index >= 15 is 0 Å². The number of fused-ring (bicyclic) bond motifs is 1. The maximum absolute atomic E-state index is 11.1. The third-order valence-corrected chi connectivity index (χ3v) is 3.28. The van der Waals surface area contributed by atoms with Gasteiger partial charge >= 0.3 is 0 Å². The molecule has 3 heteroatoms. The number of nitrogens with one attached hydrogen (secondary N) is 1. The Morgan fingerprint density at radius 1 is 1.50 bits per heavy atom. The molecule has 0 spiro atoms. The van der Waals surface area contributed by atoms with E-state index in [4.69, 9.17) is 5.73 Å². The number of nitrogens with two attached hydrogens (primary N) is 1. The van der Waals surface area contributed by atoms with Gasteiger partial charge in [0.1, 0.15) is 0 Å². The predicted octanol–water partition coefficient (Wildman–Crippen LogP) is 0.996. The van der Waals surface area contributed by atoms with Crippen LogP contribution in [0.2, 0.25) is 0 Å². The van der Waals surface area contributed by atoms with Crippen molar-refractivity contribution in [2.45, 2.75) is 25.8 Å². The van der Waals surface area contributed by atoms with Gasteiger partial charge < -0.3 is 11.1 Å². The van der Waals surface area contributed by atoms with E-state index in [0.717, 1.165) is 25.8 Å². The van der Waals surface area contributed by atoms with Gasteiger partial charge in [-0.2, -0.15) is 0 Å². The topological polar surface area (TPSA) is 55.1 Å². The van der Waals surface area contributed by atoms with Gasteiger partial charge in [-0.3, -0.25) is 4.79 Å². The van der Waals surface area contributed by atoms with Crippen LogP contribution in [0, 0.1) is 5.92 Å². The van der Waals surface area contributed by atoms with Crippen LogP contribution in [0.25, 0.3) is 0 Å². The molecule has 0 aromatic heterocycles. The lowest BCUT2D eigenvalue weighted by molar-refractivity contribution is -0.122. The molecule has 0 heterocycles. The SMILES string of the molecule is CNCc1ccc2c(c1)CCC(C(N)=O)C2. The van der Waals surface area contributed by atoms with Crippen molar-refractivity contribution in [1.82, 2.24) is 5.32 Å². The Morgan fingerprint density at radius 2 is 2.31 bits per heavy atom. The second kappa shape index (κ2) is 4.66. The zero-order chi connectivity index (χ0) is 11.5. The lowest BCUT2D eigenvalue weighted by Crippen LogP contribution is -2.28. The van der Waals surface area contributed by atoms with Gasteiger partial charge in [0.05, 0.1) is 0 Å². The standard InChI is InChI=1S/C13H18N2O/c1-15-8-9-2-3-11-7-12(13(14)16)5-4-10(11)6-9/h2-3,6,12,15H,4-5,7-8H2,1H3,(H2,14,16). The first kappa shape index (κ1) is 11.1. The summed E-state index contributed by atoms with van der Waals surface area (Å²) in [4.78, 5) is 11.1. The summed E-state index contributed by atoms with van der Waals surface area (Å²) in [5.74, 6) is -0.132. The van der Waals surface area contributed by atoms with E-state index < -0.39 is 0 Å². The average Bonchev–Trinajstić information content (AvgIpc) is 2.28. The third-order valence-electron chi connectivity index (χ3n) is 3.28. The average molecular weight is 218 g/mol. The van der Waals surface area contributed by atoms with Crippen molar-refractivity contribution in [3.05, 3.63) is 34.9 Å². The number of aryl methyl sites for hydroxylation is 1. The molecule has 1 aliphatic rings. The quantitative estimate of drug-likeness (QED) is 0.795. The molecule has 2 rings (SSSR count). The summed E-state index contributed by atoms with van der Waals surface area (Å²) in [7, 11) is 1.95. The van der Waals surface area contributed by atoms with Crippen LogP contribution in [0.1, 0.15) is 23.1 Å². The highest BCUT2D eigenvalue weighted by atomic mass is 16.1. The van der Waals surface area contributed by atoms with Gasteiger partial charge in [-0.15, -0.1) is 0 Å². The van der Waals surface area contributed by atoms with Gasteiger partial charge in [-0.1, -0.05) is 18.2 Å². The molecule has 1 unspecified atom stereocenters. The van der Waals surface area contributed by atoms with Crippen LogP contribution in [0.5, 0.6) is 0 Å². The number of carbonyl (C=O) groups is 1. The highest BCUT2D eigenvalue weighted by molar-refractivity contribution is 5.77. The largest absolute Gasteiger partial charge is 0.369 e. The molecule has 86 valence electrons. The van der Waals surface area contributed by atoms with E-state index in [1.54, 1.807) is 0 Å². The molecule has 1 aromatic rings. The van der Waals surface area contributed by atoms with Crippen molar-refractivity contribution in [3.63, 3.8) is 0 Å². The van der Waals surface area contributed by atoms with Gasteiger partial charge in [0, 0.05) is 12.5 Å². The molecule has 0 bridgehead atoms. The molecule has 3 N–H and O–H groups in total. The molecule has 1 aromatic carbocycles. The number of hydrogen-bond donors (Lipinski definition) is 2. The van der Waals surface area contributed by atoms with Crippen LogP contribution in [-0.4, -0.2) is 13.0 Å². The number of carbonyl (C=O) groups excluding carboxylic acids is 1. The molecule has 1 atom stereocenters. The van der Waals surface area contributed by atoms with E-state index in [2.05, 4.69) is 23.5 Å².